The largest absolute Gasteiger partial charge is 0.395 e. The van der Waals surface area contributed by atoms with E-state index in [2.05, 4.69) is 0 Å². The SMILES string of the molecule is Cc1ccc2ccccc2c1C(=O)N(I)CCO. The van der Waals surface area contributed by atoms with Crippen LogP contribution in [0, 0.1) is 6.92 Å². The van der Waals surface area contributed by atoms with Gasteiger partial charge in [-0.3, -0.25) is 7.91 Å². The highest BCUT2D eigenvalue weighted by molar-refractivity contribution is 14.1. The summed E-state index contributed by atoms with van der Waals surface area (Å²) in [4.78, 5) is 12.4. The smallest absolute Gasteiger partial charge is 0.263 e. The van der Waals surface area contributed by atoms with Gasteiger partial charge in [0.1, 0.15) is 0 Å². The molecule has 1 amide bonds. The monoisotopic (exact) mass is 355 g/mol. The van der Waals surface area contributed by atoms with E-state index < -0.39 is 0 Å². The topological polar surface area (TPSA) is 40.5 Å². The first-order valence-electron chi connectivity index (χ1n) is 5.72. The molecule has 94 valence electrons. The van der Waals surface area contributed by atoms with Crippen molar-refractivity contribution in [2.45, 2.75) is 6.92 Å². The lowest BCUT2D eigenvalue weighted by molar-refractivity contribution is 0.0874. The molecule has 3 nitrogen and oxygen atoms in total. The van der Waals surface area contributed by atoms with Gasteiger partial charge < -0.3 is 5.11 Å². The van der Waals surface area contributed by atoms with Crippen LogP contribution in [0.15, 0.2) is 36.4 Å². The van der Waals surface area contributed by atoms with Crippen molar-refractivity contribution in [3.8, 4) is 0 Å². The lowest BCUT2D eigenvalue weighted by Crippen LogP contribution is -2.24. The second-order valence-electron chi connectivity index (χ2n) is 4.09. The van der Waals surface area contributed by atoms with E-state index in [0.717, 1.165) is 21.9 Å². The van der Waals surface area contributed by atoms with Crippen molar-refractivity contribution in [1.82, 2.24) is 3.11 Å². The third kappa shape index (κ3) is 2.49. The van der Waals surface area contributed by atoms with Gasteiger partial charge in [0.2, 0.25) is 0 Å². The molecule has 1 N–H and O–H groups in total. The van der Waals surface area contributed by atoms with Gasteiger partial charge in [-0.2, -0.15) is 0 Å². The fraction of sp³-hybridized carbons (Fsp3) is 0.214. The lowest BCUT2D eigenvalue weighted by atomic mass is 9.99. The summed E-state index contributed by atoms with van der Waals surface area (Å²) in [6.45, 7) is 2.24. The lowest BCUT2D eigenvalue weighted by Gasteiger charge is -2.16. The van der Waals surface area contributed by atoms with Crippen LogP contribution in [0.3, 0.4) is 0 Å². The molecule has 2 rings (SSSR count). The van der Waals surface area contributed by atoms with Crippen LogP contribution in [-0.2, 0) is 0 Å². The molecular formula is C14H14INO2. The predicted octanol–water partition coefficient (Wildman–Crippen LogP) is 2.93. The Morgan fingerprint density at radius 3 is 2.72 bits per heavy atom. The van der Waals surface area contributed by atoms with E-state index in [-0.39, 0.29) is 12.5 Å². The first-order valence-corrected chi connectivity index (χ1v) is 6.68. The van der Waals surface area contributed by atoms with Crippen LogP contribution in [0.5, 0.6) is 0 Å². The van der Waals surface area contributed by atoms with Crippen LogP contribution in [-0.4, -0.2) is 27.3 Å². The Balaban J connectivity index is 2.55. The highest BCUT2D eigenvalue weighted by atomic mass is 127. The van der Waals surface area contributed by atoms with Gasteiger partial charge in [0.15, 0.2) is 0 Å². The third-order valence-corrected chi connectivity index (χ3v) is 3.79. The average molecular weight is 355 g/mol. The van der Waals surface area contributed by atoms with Gasteiger partial charge in [0.05, 0.1) is 41.6 Å². The molecule has 2 aromatic carbocycles. The number of aryl methyl sites for hydroxylation is 1. The zero-order valence-corrected chi connectivity index (χ0v) is 12.2. The molecule has 0 atom stereocenters. The standard InChI is InChI=1S/C14H14INO2/c1-10-6-7-11-4-2-3-5-12(11)13(10)14(18)16(15)8-9-17/h2-7,17H,8-9H2,1H3. The number of hydrogen-bond donors (Lipinski definition) is 1. The summed E-state index contributed by atoms with van der Waals surface area (Å²) in [5.41, 5.74) is 1.68. The number of aliphatic hydroxyl groups excluding tert-OH is 1. The molecular weight excluding hydrogens is 341 g/mol. The van der Waals surface area contributed by atoms with Crippen LogP contribution in [0.2, 0.25) is 0 Å². The molecule has 0 saturated carbocycles. The second-order valence-corrected chi connectivity index (χ2v) is 5.26. The number of hydrogen-bond acceptors (Lipinski definition) is 2. The van der Waals surface area contributed by atoms with Crippen LogP contribution in [0.25, 0.3) is 10.8 Å². The van der Waals surface area contributed by atoms with Crippen molar-refractivity contribution in [1.29, 1.82) is 0 Å². The first kappa shape index (κ1) is 13.3. The number of nitrogens with zero attached hydrogens (tertiary/aromatic N) is 1. The summed E-state index contributed by atoms with van der Waals surface area (Å²) in [5.74, 6) is -0.0565. The summed E-state index contributed by atoms with van der Waals surface area (Å²) in [6.07, 6.45) is 0. The molecule has 0 aliphatic rings. The summed E-state index contributed by atoms with van der Waals surface area (Å²) in [6, 6.07) is 11.8. The minimum absolute atomic E-state index is 0.0293. The molecule has 2 aromatic rings. The summed E-state index contributed by atoms with van der Waals surface area (Å²) in [5, 5.41) is 10.9. The van der Waals surface area contributed by atoms with Crippen LogP contribution >= 0.6 is 22.9 Å². The Hall–Kier alpha value is -1.14. The summed E-state index contributed by atoms with van der Waals surface area (Å²) < 4.78 is 1.52. The number of fused-ring (bicyclic) bond motifs is 1. The van der Waals surface area contributed by atoms with Gasteiger partial charge in [0.25, 0.3) is 5.91 Å². The molecule has 0 aliphatic carbocycles. The normalized spacial score (nSPS) is 10.6. The quantitative estimate of drug-likeness (QED) is 0.680. The number of aliphatic hydroxyl groups is 1. The molecule has 0 radical (unpaired) electrons. The van der Waals surface area contributed by atoms with Gasteiger partial charge in [-0.25, -0.2) is 0 Å². The van der Waals surface area contributed by atoms with Crippen molar-refractivity contribution in [3.63, 3.8) is 0 Å². The van der Waals surface area contributed by atoms with Gasteiger partial charge in [0, 0.05) is 0 Å². The number of amides is 1. The Kier molecular flexibility index (Phi) is 4.19. The van der Waals surface area contributed by atoms with Gasteiger partial charge >= 0.3 is 0 Å². The molecule has 0 aliphatic heterocycles. The van der Waals surface area contributed by atoms with Crippen LogP contribution in [0.4, 0.5) is 0 Å². The Morgan fingerprint density at radius 2 is 2.00 bits per heavy atom. The van der Waals surface area contributed by atoms with Gasteiger partial charge in [-0.1, -0.05) is 36.4 Å². The second kappa shape index (κ2) is 5.67. The van der Waals surface area contributed by atoms with E-state index in [1.54, 1.807) is 0 Å². The van der Waals surface area contributed by atoms with Gasteiger partial charge in [-0.15, -0.1) is 0 Å². The van der Waals surface area contributed by atoms with E-state index in [1.807, 2.05) is 66.2 Å². The highest BCUT2D eigenvalue weighted by Gasteiger charge is 2.17. The molecule has 0 aromatic heterocycles. The summed E-state index contributed by atoms with van der Waals surface area (Å²) >= 11 is 1.94. The Morgan fingerprint density at radius 1 is 1.28 bits per heavy atom. The maximum Gasteiger partial charge on any atom is 0.263 e. The van der Waals surface area contributed by atoms with E-state index in [0.29, 0.717) is 6.54 Å². The van der Waals surface area contributed by atoms with Gasteiger partial charge in [-0.05, 0) is 23.3 Å². The number of carbonyl (C=O) groups is 1. The van der Waals surface area contributed by atoms with E-state index in [1.165, 1.54) is 3.11 Å². The number of rotatable bonds is 3. The van der Waals surface area contributed by atoms with E-state index >= 15 is 0 Å². The molecule has 0 spiro atoms. The fourth-order valence-electron chi connectivity index (χ4n) is 1.98. The molecule has 4 heteroatoms. The van der Waals surface area contributed by atoms with Crippen molar-refractivity contribution < 1.29 is 9.90 Å². The Labute approximate surface area is 120 Å². The molecule has 0 unspecified atom stereocenters. The molecule has 0 bridgehead atoms. The van der Waals surface area contributed by atoms with Crippen LogP contribution in [0.1, 0.15) is 15.9 Å². The van der Waals surface area contributed by atoms with Crippen molar-refractivity contribution in [2.24, 2.45) is 0 Å². The molecule has 0 fully saturated rings. The van der Waals surface area contributed by atoms with Crippen molar-refractivity contribution in [2.75, 3.05) is 13.2 Å². The Bertz CT molecular complexity index is 583. The first-order chi connectivity index (χ1) is 8.65. The number of benzene rings is 2. The summed E-state index contributed by atoms with van der Waals surface area (Å²) in [7, 11) is 0. The number of halogens is 1. The zero-order valence-electron chi connectivity index (χ0n) is 10.1. The van der Waals surface area contributed by atoms with E-state index in [9.17, 15) is 4.79 Å². The van der Waals surface area contributed by atoms with Crippen molar-refractivity contribution in [3.05, 3.63) is 47.5 Å². The number of carbonyl (C=O) groups excluding carboxylic acids is 1. The maximum absolute atomic E-state index is 12.4. The minimum atomic E-state index is -0.0565. The third-order valence-electron chi connectivity index (χ3n) is 2.87. The minimum Gasteiger partial charge on any atom is -0.395 e. The zero-order chi connectivity index (χ0) is 13.1. The molecule has 18 heavy (non-hydrogen) atoms. The maximum atomic E-state index is 12.4. The fourth-order valence-corrected chi connectivity index (χ4v) is 2.43. The highest BCUT2D eigenvalue weighted by Crippen LogP contribution is 2.24. The van der Waals surface area contributed by atoms with E-state index in [4.69, 9.17) is 5.11 Å². The predicted molar refractivity (Wildman–Crippen MR) is 80.8 cm³/mol. The average Bonchev–Trinajstić information content (AvgIpc) is 2.38. The van der Waals surface area contributed by atoms with Crippen LogP contribution < -0.4 is 0 Å². The molecule has 0 saturated heterocycles. The molecule has 0 heterocycles. The van der Waals surface area contributed by atoms with Crippen molar-refractivity contribution >= 4 is 39.5 Å².